The van der Waals surface area contributed by atoms with Crippen LogP contribution in [0.4, 0.5) is 5.69 Å². The van der Waals surface area contributed by atoms with Crippen LogP contribution >= 0.6 is 0 Å². The van der Waals surface area contributed by atoms with Crippen molar-refractivity contribution in [3.05, 3.63) is 57.6 Å². The number of aromatic nitrogens is 1. The van der Waals surface area contributed by atoms with Gasteiger partial charge in [0.15, 0.2) is 0 Å². The second kappa shape index (κ2) is 9.39. The molecule has 1 aliphatic heterocycles. The topological polar surface area (TPSA) is 93.6 Å². The van der Waals surface area contributed by atoms with Gasteiger partial charge < -0.3 is 14.0 Å². The summed E-state index contributed by atoms with van der Waals surface area (Å²) in [5, 5.41) is 22.0. The number of rotatable bonds is 7. The molecule has 1 fully saturated rings. The van der Waals surface area contributed by atoms with Crippen LogP contribution < -0.4 is 4.74 Å². The van der Waals surface area contributed by atoms with E-state index in [-0.39, 0.29) is 5.69 Å². The van der Waals surface area contributed by atoms with Crippen molar-refractivity contribution < 1.29 is 14.4 Å². The second-order valence-electron chi connectivity index (χ2n) is 7.68. The maximum Gasteiger partial charge on any atom is 0.269 e. The molecule has 8 heteroatoms. The van der Waals surface area contributed by atoms with E-state index in [4.69, 9.17) is 9.47 Å². The Morgan fingerprint density at radius 1 is 1.19 bits per heavy atom. The molecule has 2 heterocycles. The van der Waals surface area contributed by atoms with Gasteiger partial charge in [-0.3, -0.25) is 15.0 Å². The molecule has 1 aliphatic rings. The van der Waals surface area contributed by atoms with Crippen LogP contribution in [0, 0.1) is 21.4 Å². The van der Waals surface area contributed by atoms with Crippen molar-refractivity contribution in [2.24, 2.45) is 0 Å². The van der Waals surface area contributed by atoms with Gasteiger partial charge >= 0.3 is 0 Å². The molecule has 0 spiro atoms. The molecular weight excluding hydrogens is 408 g/mol. The van der Waals surface area contributed by atoms with Crippen molar-refractivity contribution in [3.63, 3.8) is 0 Å². The summed E-state index contributed by atoms with van der Waals surface area (Å²) in [6.45, 7) is 9.06. The van der Waals surface area contributed by atoms with E-state index in [1.165, 1.54) is 12.1 Å². The Hall–Kier alpha value is -3.41. The van der Waals surface area contributed by atoms with Crippen LogP contribution in [0.1, 0.15) is 25.0 Å². The Labute approximate surface area is 186 Å². The summed E-state index contributed by atoms with van der Waals surface area (Å²) in [4.78, 5) is 13.0. The van der Waals surface area contributed by atoms with E-state index in [2.05, 4.69) is 21.6 Å². The minimum absolute atomic E-state index is 0.0258. The smallest absolute Gasteiger partial charge is 0.269 e. The molecule has 0 unspecified atom stereocenters. The first-order chi connectivity index (χ1) is 15.6. The van der Waals surface area contributed by atoms with Crippen LogP contribution in [-0.4, -0.2) is 47.3 Å². The molecule has 1 saturated heterocycles. The molecule has 0 atom stereocenters. The van der Waals surface area contributed by atoms with E-state index < -0.39 is 4.92 Å². The summed E-state index contributed by atoms with van der Waals surface area (Å²) in [5.74, 6) is 0.818. The third-order valence-corrected chi connectivity index (χ3v) is 5.82. The molecule has 0 amide bonds. The Bertz CT molecular complexity index is 1170. The lowest BCUT2D eigenvalue weighted by Crippen LogP contribution is -2.35. The lowest BCUT2D eigenvalue weighted by Gasteiger charge is -2.27. The summed E-state index contributed by atoms with van der Waals surface area (Å²) in [6, 6.07) is 12.8. The molecule has 4 rings (SSSR count). The van der Waals surface area contributed by atoms with E-state index >= 15 is 0 Å². The standard InChI is InChI=1S/C24H26N4O4/c1-3-27-22-14-23(32-4-2)18(16-26-9-11-31-12-10-26)13-20(22)21(15-25)24(27)17-5-7-19(8-6-17)28(29)30/h5-8,13-14H,3-4,9-12,16H2,1-2H3. The van der Waals surface area contributed by atoms with Gasteiger partial charge in [0.05, 0.1) is 41.5 Å². The fourth-order valence-corrected chi connectivity index (χ4v) is 4.32. The van der Waals surface area contributed by atoms with Crippen LogP contribution in [-0.2, 0) is 17.8 Å². The van der Waals surface area contributed by atoms with E-state index in [0.717, 1.165) is 53.1 Å². The minimum atomic E-state index is -0.420. The van der Waals surface area contributed by atoms with Gasteiger partial charge in [-0.05, 0) is 32.0 Å². The average Bonchev–Trinajstić information content (AvgIpc) is 3.12. The zero-order chi connectivity index (χ0) is 22.7. The van der Waals surface area contributed by atoms with Gasteiger partial charge in [-0.1, -0.05) is 0 Å². The Balaban J connectivity index is 1.87. The summed E-state index contributed by atoms with van der Waals surface area (Å²) < 4.78 is 13.5. The number of nitriles is 1. The molecule has 0 bridgehead atoms. The van der Waals surface area contributed by atoms with Crippen molar-refractivity contribution in [3.8, 4) is 23.1 Å². The van der Waals surface area contributed by atoms with Crippen LogP contribution in [0.2, 0.25) is 0 Å². The Kier molecular flexibility index (Phi) is 6.40. The Morgan fingerprint density at radius 2 is 1.91 bits per heavy atom. The molecule has 0 radical (unpaired) electrons. The lowest BCUT2D eigenvalue weighted by molar-refractivity contribution is -0.384. The molecule has 3 aromatic rings. The van der Waals surface area contributed by atoms with Crippen LogP contribution in [0.5, 0.6) is 5.75 Å². The zero-order valence-electron chi connectivity index (χ0n) is 18.3. The number of aryl methyl sites for hydroxylation is 1. The van der Waals surface area contributed by atoms with Crippen LogP contribution in [0.25, 0.3) is 22.2 Å². The van der Waals surface area contributed by atoms with Gasteiger partial charge in [0, 0.05) is 60.9 Å². The van der Waals surface area contributed by atoms with Crippen LogP contribution in [0.15, 0.2) is 36.4 Å². The first-order valence-electron chi connectivity index (χ1n) is 10.8. The van der Waals surface area contributed by atoms with Crippen molar-refractivity contribution in [2.75, 3.05) is 32.9 Å². The summed E-state index contributed by atoms with van der Waals surface area (Å²) in [5.41, 5.74) is 4.11. The number of benzene rings is 2. The fourth-order valence-electron chi connectivity index (χ4n) is 4.32. The van der Waals surface area contributed by atoms with Crippen molar-refractivity contribution >= 4 is 16.6 Å². The molecule has 166 valence electrons. The molecule has 0 N–H and O–H groups in total. The van der Waals surface area contributed by atoms with E-state index in [9.17, 15) is 15.4 Å². The monoisotopic (exact) mass is 434 g/mol. The molecule has 32 heavy (non-hydrogen) atoms. The van der Waals surface area contributed by atoms with E-state index in [1.54, 1.807) is 12.1 Å². The van der Waals surface area contributed by atoms with E-state index in [1.807, 2.05) is 19.9 Å². The third-order valence-electron chi connectivity index (χ3n) is 5.82. The van der Waals surface area contributed by atoms with Gasteiger partial charge in [-0.2, -0.15) is 5.26 Å². The number of hydrogen-bond acceptors (Lipinski definition) is 6. The number of ether oxygens (including phenoxy) is 2. The average molecular weight is 434 g/mol. The summed E-state index contributed by atoms with van der Waals surface area (Å²) >= 11 is 0. The van der Waals surface area contributed by atoms with E-state index in [0.29, 0.717) is 31.9 Å². The first-order valence-corrected chi connectivity index (χ1v) is 10.8. The van der Waals surface area contributed by atoms with Crippen molar-refractivity contribution in [1.29, 1.82) is 5.26 Å². The van der Waals surface area contributed by atoms with Crippen LogP contribution in [0.3, 0.4) is 0 Å². The first kappa shape index (κ1) is 21.8. The number of morpholine rings is 1. The highest BCUT2D eigenvalue weighted by Crippen LogP contribution is 2.38. The van der Waals surface area contributed by atoms with Gasteiger partial charge in [0.2, 0.25) is 0 Å². The van der Waals surface area contributed by atoms with Crippen molar-refractivity contribution in [1.82, 2.24) is 9.47 Å². The lowest BCUT2D eigenvalue weighted by atomic mass is 10.0. The molecular formula is C24H26N4O4. The maximum atomic E-state index is 11.1. The number of non-ortho nitro benzene ring substituents is 1. The molecule has 2 aromatic carbocycles. The van der Waals surface area contributed by atoms with Gasteiger partial charge in [0.25, 0.3) is 5.69 Å². The molecule has 8 nitrogen and oxygen atoms in total. The SMILES string of the molecule is CCOc1cc2c(cc1CN1CCOCC1)c(C#N)c(-c1ccc([N+](=O)[O-])cc1)n2CC. The van der Waals surface area contributed by atoms with Gasteiger partial charge in [-0.15, -0.1) is 0 Å². The normalized spacial score (nSPS) is 14.4. The number of fused-ring (bicyclic) bond motifs is 1. The predicted molar refractivity (Wildman–Crippen MR) is 122 cm³/mol. The highest BCUT2D eigenvalue weighted by molar-refractivity contribution is 5.96. The third kappa shape index (κ3) is 4.05. The predicted octanol–water partition coefficient (Wildman–Crippen LogP) is 4.34. The second-order valence-corrected chi connectivity index (χ2v) is 7.68. The summed E-state index contributed by atoms with van der Waals surface area (Å²) in [7, 11) is 0. The largest absolute Gasteiger partial charge is 0.493 e. The molecule has 0 saturated carbocycles. The zero-order valence-corrected chi connectivity index (χ0v) is 18.3. The highest BCUT2D eigenvalue weighted by atomic mass is 16.6. The number of nitro groups is 1. The number of hydrogen-bond donors (Lipinski definition) is 0. The number of nitrogens with zero attached hydrogens (tertiary/aromatic N) is 4. The highest BCUT2D eigenvalue weighted by Gasteiger charge is 2.22. The minimum Gasteiger partial charge on any atom is -0.493 e. The maximum absolute atomic E-state index is 11.1. The Morgan fingerprint density at radius 3 is 2.50 bits per heavy atom. The van der Waals surface area contributed by atoms with Gasteiger partial charge in [0.1, 0.15) is 11.8 Å². The summed E-state index contributed by atoms with van der Waals surface area (Å²) in [6.07, 6.45) is 0. The fraction of sp³-hybridized carbons (Fsp3) is 0.375. The van der Waals surface area contributed by atoms with Crippen molar-refractivity contribution in [2.45, 2.75) is 26.9 Å². The number of nitro benzene ring substituents is 1. The molecule has 0 aliphatic carbocycles. The van der Waals surface area contributed by atoms with Gasteiger partial charge in [-0.25, -0.2) is 0 Å². The molecule has 1 aromatic heterocycles. The quantitative estimate of drug-likeness (QED) is 0.406.